The Labute approximate surface area is 118 Å². The Morgan fingerprint density at radius 3 is 2.50 bits per heavy atom. The Morgan fingerprint density at radius 1 is 1.05 bits per heavy atom. The number of nitrogens with two attached hydrogens (primary N) is 1. The maximum absolute atomic E-state index is 9.80. The lowest BCUT2D eigenvalue weighted by Crippen LogP contribution is -2.29. The van der Waals surface area contributed by atoms with Gasteiger partial charge in [-0.05, 0) is 31.2 Å². The van der Waals surface area contributed by atoms with Crippen LogP contribution >= 0.6 is 0 Å². The fourth-order valence-electron chi connectivity index (χ4n) is 1.67. The maximum atomic E-state index is 9.80. The molecule has 0 fully saturated rings. The summed E-state index contributed by atoms with van der Waals surface area (Å²) in [6, 6.07) is 13.9. The number of hydrogen-bond acceptors (Lipinski definition) is 5. The summed E-state index contributed by atoms with van der Waals surface area (Å²) in [5.41, 5.74) is 6.25. The highest BCUT2D eigenvalue weighted by molar-refractivity contribution is 6.36. The summed E-state index contributed by atoms with van der Waals surface area (Å²) in [5, 5.41) is 9.80. The van der Waals surface area contributed by atoms with Gasteiger partial charge < -0.3 is 24.8 Å². The predicted molar refractivity (Wildman–Crippen MR) is 77.7 cm³/mol. The lowest BCUT2D eigenvalue weighted by atomic mass is 10.2. The van der Waals surface area contributed by atoms with Crippen molar-refractivity contribution in [2.24, 2.45) is 0 Å². The number of ether oxygens (including phenoxy) is 1. The van der Waals surface area contributed by atoms with Crippen molar-refractivity contribution in [3.63, 3.8) is 0 Å². The van der Waals surface area contributed by atoms with Gasteiger partial charge >= 0.3 is 7.32 Å². The van der Waals surface area contributed by atoms with Crippen LogP contribution in [0.3, 0.4) is 0 Å². The Bertz CT molecular complexity index is 550. The minimum absolute atomic E-state index is 0.329. The van der Waals surface area contributed by atoms with Gasteiger partial charge in [0.15, 0.2) is 5.75 Å². The molecule has 20 heavy (non-hydrogen) atoms. The number of anilines is 1. The lowest BCUT2D eigenvalue weighted by molar-refractivity contribution is 0.279. The molecule has 0 radical (unpaired) electrons. The van der Waals surface area contributed by atoms with Gasteiger partial charge in [-0.2, -0.15) is 0 Å². The third kappa shape index (κ3) is 3.58. The molecular formula is C14H16BNO4. The summed E-state index contributed by atoms with van der Waals surface area (Å²) in [6.07, 6.45) is 0. The summed E-state index contributed by atoms with van der Waals surface area (Å²) >= 11 is 0. The number of para-hydroxylation sites is 2. The molecule has 0 bridgehead atoms. The standard InChI is InChI=1S/C14H16BNO4/c1-2-18-14-12(16)9-6-10-13(14)20-15(17)19-11-7-4-3-5-8-11/h3-10,17H,2,16H2,1H3. The monoisotopic (exact) mass is 273 g/mol. The van der Waals surface area contributed by atoms with E-state index < -0.39 is 7.32 Å². The van der Waals surface area contributed by atoms with Crippen LogP contribution in [0.4, 0.5) is 5.69 Å². The van der Waals surface area contributed by atoms with Crippen molar-refractivity contribution < 1.29 is 19.1 Å². The summed E-state index contributed by atoms with van der Waals surface area (Å²) in [4.78, 5) is 0. The zero-order valence-electron chi connectivity index (χ0n) is 11.2. The van der Waals surface area contributed by atoms with Crippen LogP contribution in [-0.2, 0) is 0 Å². The smallest absolute Gasteiger partial charge is 0.501 e. The van der Waals surface area contributed by atoms with Crippen LogP contribution in [0, 0.1) is 0 Å². The third-order valence-electron chi connectivity index (χ3n) is 2.51. The molecule has 0 saturated heterocycles. The predicted octanol–water partition coefficient (Wildman–Crippen LogP) is 2.10. The van der Waals surface area contributed by atoms with Gasteiger partial charge in [-0.15, -0.1) is 0 Å². The fraction of sp³-hybridized carbons (Fsp3) is 0.143. The van der Waals surface area contributed by atoms with Gasteiger partial charge in [0.25, 0.3) is 0 Å². The average molecular weight is 273 g/mol. The van der Waals surface area contributed by atoms with E-state index in [-0.39, 0.29) is 0 Å². The molecule has 2 aromatic carbocycles. The van der Waals surface area contributed by atoms with Crippen LogP contribution in [0.1, 0.15) is 6.92 Å². The Hall–Kier alpha value is -2.34. The minimum Gasteiger partial charge on any atom is -0.501 e. The van der Waals surface area contributed by atoms with Crippen LogP contribution in [-0.4, -0.2) is 19.0 Å². The molecular weight excluding hydrogens is 257 g/mol. The molecule has 0 atom stereocenters. The Balaban J connectivity index is 2.07. The summed E-state index contributed by atoms with van der Waals surface area (Å²) in [7, 11) is -1.45. The molecule has 0 aliphatic carbocycles. The molecule has 0 aliphatic heterocycles. The number of nitrogen functional groups attached to an aromatic ring is 1. The van der Waals surface area contributed by atoms with Gasteiger partial charge in [-0.25, -0.2) is 0 Å². The summed E-state index contributed by atoms with van der Waals surface area (Å²) < 4.78 is 15.9. The van der Waals surface area contributed by atoms with Crippen molar-refractivity contribution in [1.82, 2.24) is 0 Å². The van der Waals surface area contributed by atoms with Crippen LogP contribution in [0.25, 0.3) is 0 Å². The number of rotatable bonds is 6. The quantitative estimate of drug-likeness (QED) is 0.622. The molecule has 0 heterocycles. The van der Waals surface area contributed by atoms with Gasteiger partial charge in [0.05, 0.1) is 12.3 Å². The topological polar surface area (TPSA) is 73.9 Å². The molecule has 2 aromatic rings. The largest absolute Gasteiger partial charge is 0.785 e. The molecule has 3 N–H and O–H groups in total. The second-order valence-corrected chi connectivity index (χ2v) is 3.96. The van der Waals surface area contributed by atoms with Crippen LogP contribution in [0.15, 0.2) is 48.5 Å². The number of benzene rings is 2. The summed E-state index contributed by atoms with van der Waals surface area (Å²) in [6.45, 7) is 2.29. The van der Waals surface area contributed by atoms with E-state index in [0.717, 1.165) is 0 Å². The SMILES string of the molecule is CCOc1c(N)cccc1OB(O)Oc1ccccc1. The van der Waals surface area contributed by atoms with Crippen molar-refractivity contribution in [3.8, 4) is 17.2 Å². The van der Waals surface area contributed by atoms with E-state index >= 15 is 0 Å². The van der Waals surface area contributed by atoms with Crippen molar-refractivity contribution in [1.29, 1.82) is 0 Å². The number of hydrogen-bond donors (Lipinski definition) is 2. The zero-order valence-corrected chi connectivity index (χ0v) is 11.2. The van der Waals surface area contributed by atoms with Gasteiger partial charge in [0.1, 0.15) is 11.5 Å². The first-order chi connectivity index (χ1) is 9.70. The van der Waals surface area contributed by atoms with E-state index in [0.29, 0.717) is 29.5 Å². The highest BCUT2D eigenvalue weighted by atomic mass is 16.7. The zero-order chi connectivity index (χ0) is 14.4. The van der Waals surface area contributed by atoms with E-state index in [4.69, 9.17) is 19.8 Å². The van der Waals surface area contributed by atoms with Gasteiger partial charge in [0.2, 0.25) is 0 Å². The van der Waals surface area contributed by atoms with Crippen LogP contribution in [0.2, 0.25) is 0 Å². The lowest BCUT2D eigenvalue weighted by Gasteiger charge is -2.15. The highest BCUT2D eigenvalue weighted by Crippen LogP contribution is 2.33. The maximum Gasteiger partial charge on any atom is 0.785 e. The summed E-state index contributed by atoms with van der Waals surface area (Å²) in [5.74, 6) is 1.22. The molecule has 6 heteroatoms. The van der Waals surface area contributed by atoms with Crippen molar-refractivity contribution >= 4 is 13.0 Å². The highest BCUT2D eigenvalue weighted by Gasteiger charge is 2.23. The Morgan fingerprint density at radius 2 is 1.80 bits per heavy atom. The van der Waals surface area contributed by atoms with E-state index in [1.165, 1.54) is 0 Å². The third-order valence-corrected chi connectivity index (χ3v) is 2.51. The first-order valence-electron chi connectivity index (χ1n) is 6.28. The molecule has 0 aromatic heterocycles. The van der Waals surface area contributed by atoms with Crippen molar-refractivity contribution in [3.05, 3.63) is 48.5 Å². The first-order valence-corrected chi connectivity index (χ1v) is 6.28. The van der Waals surface area contributed by atoms with Gasteiger partial charge in [-0.1, -0.05) is 24.3 Å². The molecule has 0 unspecified atom stereocenters. The average Bonchev–Trinajstić information content (AvgIpc) is 2.44. The second-order valence-electron chi connectivity index (χ2n) is 3.96. The molecule has 5 nitrogen and oxygen atoms in total. The first kappa shape index (κ1) is 14.1. The molecule has 0 aliphatic rings. The normalized spacial score (nSPS) is 9.90. The van der Waals surface area contributed by atoms with Crippen molar-refractivity contribution in [2.75, 3.05) is 12.3 Å². The van der Waals surface area contributed by atoms with Gasteiger partial charge in [0, 0.05) is 0 Å². The fourth-order valence-corrected chi connectivity index (χ4v) is 1.67. The van der Waals surface area contributed by atoms with E-state index in [1.54, 1.807) is 42.5 Å². The van der Waals surface area contributed by atoms with E-state index in [1.807, 2.05) is 13.0 Å². The molecule has 0 amide bonds. The van der Waals surface area contributed by atoms with Crippen LogP contribution in [0.5, 0.6) is 17.2 Å². The van der Waals surface area contributed by atoms with Gasteiger partial charge in [-0.3, -0.25) is 0 Å². The molecule has 0 saturated carbocycles. The molecule has 2 rings (SSSR count). The van der Waals surface area contributed by atoms with Crippen molar-refractivity contribution in [2.45, 2.75) is 6.92 Å². The molecule has 0 spiro atoms. The van der Waals surface area contributed by atoms with Crippen LogP contribution < -0.4 is 19.8 Å². The molecule has 104 valence electrons. The van der Waals surface area contributed by atoms with E-state index in [2.05, 4.69) is 0 Å². The minimum atomic E-state index is -1.45. The Kier molecular flexibility index (Phi) is 4.73. The van der Waals surface area contributed by atoms with E-state index in [9.17, 15) is 5.02 Å². The second kappa shape index (κ2) is 6.72.